The zero-order valence-electron chi connectivity index (χ0n) is 12.6. The molecule has 0 saturated carbocycles. The molecule has 0 amide bonds. The summed E-state index contributed by atoms with van der Waals surface area (Å²) in [6, 6.07) is 0.524. The van der Waals surface area contributed by atoms with E-state index in [0.717, 1.165) is 19.5 Å². The third kappa shape index (κ3) is 5.46. The first-order chi connectivity index (χ1) is 8.38. The van der Waals surface area contributed by atoms with Gasteiger partial charge in [-0.05, 0) is 26.4 Å². The normalized spacial score (nSPS) is 12.1. The van der Waals surface area contributed by atoms with Gasteiger partial charge in [-0.15, -0.1) is 11.3 Å². The maximum Gasteiger partial charge on any atom is 0.107 e. The van der Waals surface area contributed by atoms with Gasteiger partial charge in [0.2, 0.25) is 0 Å². The molecule has 4 heteroatoms. The molecule has 0 aromatic carbocycles. The molecule has 0 atom stereocenters. The number of aromatic nitrogens is 1. The van der Waals surface area contributed by atoms with Crippen molar-refractivity contribution < 1.29 is 0 Å². The fourth-order valence-corrected chi connectivity index (χ4v) is 2.92. The summed E-state index contributed by atoms with van der Waals surface area (Å²) in [5.74, 6) is 0.664. The van der Waals surface area contributed by atoms with E-state index in [1.54, 1.807) is 0 Å². The van der Waals surface area contributed by atoms with Crippen LogP contribution in [-0.2, 0) is 19.5 Å². The van der Waals surface area contributed by atoms with E-state index >= 15 is 0 Å². The Balaban J connectivity index is 2.79. The van der Waals surface area contributed by atoms with E-state index < -0.39 is 0 Å². The van der Waals surface area contributed by atoms with E-state index in [4.69, 9.17) is 4.98 Å². The lowest BCUT2D eigenvalue weighted by Gasteiger charge is -2.08. The van der Waals surface area contributed by atoms with E-state index in [1.807, 2.05) is 11.3 Å². The predicted molar refractivity (Wildman–Crippen MR) is 80.0 cm³/mol. The van der Waals surface area contributed by atoms with Crippen LogP contribution >= 0.6 is 11.3 Å². The monoisotopic (exact) mass is 269 g/mol. The molecule has 0 unspecified atom stereocenters. The van der Waals surface area contributed by atoms with Crippen molar-refractivity contribution in [2.45, 2.75) is 53.2 Å². The molecule has 104 valence electrons. The minimum Gasteiger partial charge on any atom is -0.310 e. The Hall–Kier alpha value is -0.450. The zero-order chi connectivity index (χ0) is 13.7. The molecule has 0 saturated heterocycles. The molecular formula is C14H27N3S. The molecule has 0 spiro atoms. The topological polar surface area (TPSA) is 28.2 Å². The Kier molecular flexibility index (Phi) is 6.26. The van der Waals surface area contributed by atoms with Gasteiger partial charge in [-0.2, -0.15) is 0 Å². The van der Waals surface area contributed by atoms with Crippen LogP contribution in [0.5, 0.6) is 0 Å². The highest BCUT2D eigenvalue weighted by molar-refractivity contribution is 7.11. The molecule has 0 aliphatic rings. The molecular weight excluding hydrogens is 242 g/mol. The van der Waals surface area contributed by atoms with E-state index in [0.29, 0.717) is 12.0 Å². The molecule has 0 fully saturated rings. The molecule has 0 radical (unpaired) electrons. The minimum absolute atomic E-state index is 0.524. The van der Waals surface area contributed by atoms with E-state index in [2.05, 4.69) is 52.0 Å². The first kappa shape index (κ1) is 15.6. The van der Waals surface area contributed by atoms with Crippen LogP contribution in [0.15, 0.2) is 0 Å². The maximum absolute atomic E-state index is 4.81. The van der Waals surface area contributed by atoms with Crippen molar-refractivity contribution in [3.63, 3.8) is 0 Å². The first-order valence-electron chi connectivity index (χ1n) is 6.74. The molecule has 1 aromatic rings. The van der Waals surface area contributed by atoms with Gasteiger partial charge in [0.1, 0.15) is 5.01 Å². The predicted octanol–water partition coefficient (Wildman–Crippen LogP) is 2.90. The molecule has 0 aliphatic heterocycles. The van der Waals surface area contributed by atoms with Gasteiger partial charge in [0.25, 0.3) is 0 Å². The quantitative estimate of drug-likeness (QED) is 0.825. The molecule has 1 N–H and O–H groups in total. The average molecular weight is 269 g/mol. The van der Waals surface area contributed by atoms with Crippen molar-refractivity contribution in [1.82, 2.24) is 15.2 Å². The SMILES string of the molecule is CC(C)Cc1nc(CN(C)C)sc1CNC(C)C. The number of hydrogen-bond acceptors (Lipinski definition) is 4. The summed E-state index contributed by atoms with van der Waals surface area (Å²) in [6.07, 6.45) is 1.08. The van der Waals surface area contributed by atoms with Gasteiger partial charge in [0, 0.05) is 24.0 Å². The molecule has 18 heavy (non-hydrogen) atoms. The second-order valence-electron chi connectivity index (χ2n) is 5.85. The van der Waals surface area contributed by atoms with Crippen molar-refractivity contribution in [1.29, 1.82) is 0 Å². The number of rotatable bonds is 7. The Morgan fingerprint density at radius 3 is 2.39 bits per heavy atom. The van der Waals surface area contributed by atoms with Gasteiger partial charge in [0.15, 0.2) is 0 Å². The molecule has 3 nitrogen and oxygen atoms in total. The van der Waals surface area contributed by atoms with Gasteiger partial charge in [-0.1, -0.05) is 27.7 Å². The Bertz CT molecular complexity index is 356. The molecule has 0 aliphatic carbocycles. The summed E-state index contributed by atoms with van der Waals surface area (Å²) >= 11 is 1.86. The van der Waals surface area contributed by atoms with E-state index in [-0.39, 0.29) is 0 Å². The second-order valence-corrected chi connectivity index (χ2v) is 7.02. The lowest BCUT2D eigenvalue weighted by Crippen LogP contribution is -2.22. The van der Waals surface area contributed by atoms with Crippen LogP contribution in [0.3, 0.4) is 0 Å². The molecule has 1 aromatic heterocycles. The van der Waals surface area contributed by atoms with Gasteiger partial charge in [0.05, 0.1) is 5.69 Å². The van der Waals surface area contributed by atoms with E-state index in [9.17, 15) is 0 Å². The van der Waals surface area contributed by atoms with Gasteiger partial charge in [-0.25, -0.2) is 4.98 Å². The standard InChI is InChI=1S/C14H27N3S/c1-10(2)7-12-13(8-15-11(3)4)18-14(16-12)9-17(5)6/h10-11,15H,7-9H2,1-6H3. The summed E-state index contributed by atoms with van der Waals surface area (Å²) in [5.41, 5.74) is 1.29. The average Bonchev–Trinajstić information content (AvgIpc) is 2.55. The van der Waals surface area contributed by atoms with Crippen molar-refractivity contribution in [3.05, 3.63) is 15.6 Å². The fourth-order valence-electron chi connectivity index (χ4n) is 1.76. The number of nitrogens with zero attached hydrogens (tertiary/aromatic N) is 2. The molecule has 1 rings (SSSR count). The van der Waals surface area contributed by atoms with Crippen LogP contribution in [0.25, 0.3) is 0 Å². The van der Waals surface area contributed by atoms with Crippen LogP contribution in [0, 0.1) is 5.92 Å². The smallest absolute Gasteiger partial charge is 0.107 e. The van der Waals surface area contributed by atoms with Crippen molar-refractivity contribution in [3.8, 4) is 0 Å². The largest absolute Gasteiger partial charge is 0.310 e. The first-order valence-corrected chi connectivity index (χ1v) is 7.55. The third-order valence-electron chi connectivity index (χ3n) is 2.55. The fraction of sp³-hybridized carbons (Fsp3) is 0.786. The summed E-state index contributed by atoms with van der Waals surface area (Å²) in [6.45, 7) is 10.8. The minimum atomic E-state index is 0.524. The van der Waals surface area contributed by atoms with Gasteiger partial charge in [-0.3, -0.25) is 0 Å². The number of nitrogens with one attached hydrogen (secondary N) is 1. The number of hydrogen-bond donors (Lipinski definition) is 1. The van der Waals surface area contributed by atoms with Crippen LogP contribution in [0.1, 0.15) is 43.3 Å². The summed E-state index contributed by atoms with van der Waals surface area (Å²) in [4.78, 5) is 8.39. The lowest BCUT2D eigenvalue weighted by atomic mass is 10.1. The summed E-state index contributed by atoms with van der Waals surface area (Å²) in [5, 5.41) is 4.73. The third-order valence-corrected chi connectivity index (χ3v) is 3.63. The van der Waals surface area contributed by atoms with Crippen LogP contribution in [0.2, 0.25) is 0 Å². The van der Waals surface area contributed by atoms with Crippen molar-refractivity contribution in [2.75, 3.05) is 14.1 Å². The zero-order valence-corrected chi connectivity index (χ0v) is 13.4. The Morgan fingerprint density at radius 2 is 1.89 bits per heavy atom. The Morgan fingerprint density at radius 1 is 1.22 bits per heavy atom. The van der Waals surface area contributed by atoms with E-state index in [1.165, 1.54) is 15.6 Å². The van der Waals surface area contributed by atoms with Gasteiger partial charge < -0.3 is 10.2 Å². The highest BCUT2D eigenvalue weighted by Crippen LogP contribution is 2.22. The van der Waals surface area contributed by atoms with Crippen LogP contribution in [-0.4, -0.2) is 30.0 Å². The van der Waals surface area contributed by atoms with Crippen LogP contribution in [0.4, 0.5) is 0 Å². The molecule has 1 heterocycles. The lowest BCUT2D eigenvalue weighted by molar-refractivity contribution is 0.401. The highest BCUT2D eigenvalue weighted by atomic mass is 32.1. The van der Waals surface area contributed by atoms with Crippen molar-refractivity contribution in [2.24, 2.45) is 5.92 Å². The second kappa shape index (κ2) is 7.22. The maximum atomic E-state index is 4.81. The molecule has 0 bridgehead atoms. The van der Waals surface area contributed by atoms with Gasteiger partial charge >= 0.3 is 0 Å². The summed E-state index contributed by atoms with van der Waals surface area (Å²) < 4.78 is 0. The highest BCUT2D eigenvalue weighted by Gasteiger charge is 2.13. The van der Waals surface area contributed by atoms with Crippen molar-refractivity contribution >= 4 is 11.3 Å². The number of thiazole rings is 1. The Labute approximate surface area is 116 Å². The summed E-state index contributed by atoms with van der Waals surface area (Å²) in [7, 11) is 4.19. The van der Waals surface area contributed by atoms with Crippen LogP contribution < -0.4 is 5.32 Å².